The summed E-state index contributed by atoms with van der Waals surface area (Å²) in [4.78, 5) is 11.7. The third-order valence-corrected chi connectivity index (χ3v) is 5.76. The van der Waals surface area contributed by atoms with E-state index < -0.39 is 0 Å². The molecular formula is C13H15ClN2S2. The van der Waals surface area contributed by atoms with Crippen LogP contribution in [0.15, 0.2) is 0 Å². The van der Waals surface area contributed by atoms with Crippen LogP contribution in [0.3, 0.4) is 0 Å². The third-order valence-electron chi connectivity index (χ3n) is 3.15. The first kappa shape index (κ1) is 12.7. The average Bonchev–Trinajstić information content (AvgIpc) is 2.88. The molecule has 0 saturated heterocycles. The van der Waals surface area contributed by atoms with E-state index in [1.807, 2.05) is 23.1 Å². The molecule has 2 aromatic rings. The fraction of sp³-hybridized carbons (Fsp3) is 0.538. The van der Waals surface area contributed by atoms with Crippen LogP contribution < -0.4 is 0 Å². The quantitative estimate of drug-likeness (QED) is 0.615. The maximum Gasteiger partial charge on any atom is 0.141 e. The highest BCUT2D eigenvalue weighted by Crippen LogP contribution is 2.39. The molecule has 0 aliphatic heterocycles. The van der Waals surface area contributed by atoms with Crippen molar-refractivity contribution in [3.63, 3.8) is 0 Å². The molecule has 2 aromatic heterocycles. The van der Waals surface area contributed by atoms with Crippen LogP contribution in [-0.4, -0.2) is 15.7 Å². The first-order valence-electron chi connectivity index (χ1n) is 6.34. The minimum atomic E-state index is 0.659. The van der Waals surface area contributed by atoms with Crippen LogP contribution in [0, 0.1) is 0 Å². The van der Waals surface area contributed by atoms with Crippen LogP contribution in [-0.2, 0) is 18.6 Å². The molecule has 0 unspecified atom stereocenters. The molecule has 1 aliphatic carbocycles. The van der Waals surface area contributed by atoms with Gasteiger partial charge in [-0.25, -0.2) is 9.97 Å². The molecule has 18 heavy (non-hydrogen) atoms. The zero-order valence-corrected chi connectivity index (χ0v) is 12.7. The van der Waals surface area contributed by atoms with Gasteiger partial charge in [0.2, 0.25) is 0 Å². The van der Waals surface area contributed by atoms with E-state index >= 15 is 0 Å². The summed E-state index contributed by atoms with van der Waals surface area (Å²) >= 11 is 10.0. The molecule has 1 aliphatic rings. The van der Waals surface area contributed by atoms with Crippen molar-refractivity contribution in [3.05, 3.63) is 21.4 Å². The van der Waals surface area contributed by atoms with Crippen molar-refractivity contribution >= 4 is 44.9 Å². The Kier molecular flexibility index (Phi) is 3.78. The van der Waals surface area contributed by atoms with Crippen LogP contribution in [0.1, 0.15) is 36.0 Å². The SMILES string of the molecule is CCCSCc1nc(Cl)c2c3c(sc2n1)CCC3. The van der Waals surface area contributed by atoms with Gasteiger partial charge in [-0.1, -0.05) is 18.5 Å². The molecule has 2 heterocycles. The van der Waals surface area contributed by atoms with Crippen molar-refractivity contribution in [1.82, 2.24) is 9.97 Å². The van der Waals surface area contributed by atoms with Gasteiger partial charge in [-0.05, 0) is 37.0 Å². The minimum absolute atomic E-state index is 0.659. The molecule has 2 nitrogen and oxygen atoms in total. The lowest BCUT2D eigenvalue weighted by Gasteiger charge is -2.02. The number of aromatic nitrogens is 2. The topological polar surface area (TPSA) is 25.8 Å². The van der Waals surface area contributed by atoms with Gasteiger partial charge in [-0.15, -0.1) is 11.3 Å². The highest BCUT2D eigenvalue weighted by molar-refractivity contribution is 7.98. The van der Waals surface area contributed by atoms with Gasteiger partial charge >= 0.3 is 0 Å². The van der Waals surface area contributed by atoms with E-state index in [1.165, 1.54) is 29.7 Å². The summed E-state index contributed by atoms with van der Waals surface area (Å²) in [6.45, 7) is 2.19. The summed E-state index contributed by atoms with van der Waals surface area (Å²) in [5.74, 6) is 2.90. The Morgan fingerprint density at radius 1 is 1.33 bits per heavy atom. The van der Waals surface area contributed by atoms with Crippen molar-refractivity contribution in [2.75, 3.05) is 5.75 Å². The largest absolute Gasteiger partial charge is 0.221 e. The number of nitrogens with zero attached hydrogens (tertiary/aromatic N) is 2. The van der Waals surface area contributed by atoms with E-state index in [4.69, 9.17) is 11.6 Å². The van der Waals surface area contributed by atoms with Crippen molar-refractivity contribution in [2.45, 2.75) is 38.4 Å². The predicted molar refractivity (Wildman–Crippen MR) is 80.9 cm³/mol. The average molecular weight is 299 g/mol. The van der Waals surface area contributed by atoms with E-state index in [2.05, 4.69) is 16.9 Å². The van der Waals surface area contributed by atoms with Crippen molar-refractivity contribution < 1.29 is 0 Å². The summed E-state index contributed by atoms with van der Waals surface area (Å²) in [5.41, 5.74) is 1.41. The number of hydrogen-bond donors (Lipinski definition) is 0. The van der Waals surface area contributed by atoms with Crippen LogP contribution in [0.5, 0.6) is 0 Å². The van der Waals surface area contributed by atoms with Gasteiger partial charge in [0.1, 0.15) is 15.8 Å². The first-order valence-corrected chi connectivity index (χ1v) is 8.69. The van der Waals surface area contributed by atoms with Gasteiger partial charge in [0.15, 0.2) is 0 Å². The highest BCUT2D eigenvalue weighted by atomic mass is 35.5. The summed E-state index contributed by atoms with van der Waals surface area (Å²) < 4.78 is 0. The Morgan fingerprint density at radius 2 is 2.22 bits per heavy atom. The highest BCUT2D eigenvalue weighted by Gasteiger charge is 2.21. The van der Waals surface area contributed by atoms with Crippen LogP contribution in [0.4, 0.5) is 0 Å². The maximum absolute atomic E-state index is 6.35. The Morgan fingerprint density at radius 3 is 3.06 bits per heavy atom. The molecule has 0 amide bonds. The zero-order valence-electron chi connectivity index (χ0n) is 10.3. The lowest BCUT2D eigenvalue weighted by atomic mass is 10.2. The molecule has 0 radical (unpaired) electrons. The van der Waals surface area contributed by atoms with Crippen LogP contribution in [0.25, 0.3) is 10.2 Å². The molecule has 0 aromatic carbocycles. The van der Waals surface area contributed by atoms with Crippen LogP contribution in [0.2, 0.25) is 5.15 Å². The van der Waals surface area contributed by atoms with E-state index in [9.17, 15) is 0 Å². The van der Waals surface area contributed by atoms with Gasteiger partial charge in [0.05, 0.1) is 11.1 Å². The van der Waals surface area contributed by atoms with Crippen LogP contribution >= 0.6 is 34.7 Å². The number of thioether (sulfide) groups is 1. The predicted octanol–water partition coefficient (Wildman–Crippen LogP) is 4.48. The zero-order chi connectivity index (χ0) is 12.5. The number of halogens is 1. The second-order valence-electron chi connectivity index (χ2n) is 4.52. The van der Waals surface area contributed by atoms with E-state index in [1.54, 1.807) is 0 Å². The summed E-state index contributed by atoms with van der Waals surface area (Å²) in [7, 11) is 0. The monoisotopic (exact) mass is 298 g/mol. The van der Waals surface area contributed by atoms with Crippen molar-refractivity contribution in [1.29, 1.82) is 0 Å². The van der Waals surface area contributed by atoms with E-state index in [-0.39, 0.29) is 0 Å². The lowest BCUT2D eigenvalue weighted by Crippen LogP contribution is -1.94. The Labute approximate surface area is 120 Å². The normalized spacial score (nSPS) is 14.3. The molecule has 0 bridgehead atoms. The standard InChI is InChI=1S/C13H15ClN2S2/c1-2-6-17-7-10-15-12(14)11-8-4-3-5-9(8)18-13(11)16-10/h2-7H2,1H3. The smallest absolute Gasteiger partial charge is 0.141 e. The van der Waals surface area contributed by atoms with Crippen molar-refractivity contribution in [2.24, 2.45) is 0 Å². The Balaban J connectivity index is 1.96. The van der Waals surface area contributed by atoms with Gasteiger partial charge < -0.3 is 0 Å². The molecule has 0 N–H and O–H groups in total. The number of fused-ring (bicyclic) bond motifs is 3. The molecule has 96 valence electrons. The van der Waals surface area contributed by atoms with Gasteiger partial charge in [0.25, 0.3) is 0 Å². The fourth-order valence-corrected chi connectivity index (χ4v) is 4.75. The summed E-state index contributed by atoms with van der Waals surface area (Å²) in [6.07, 6.45) is 4.77. The molecule has 0 atom stereocenters. The van der Waals surface area contributed by atoms with Gasteiger partial charge in [-0.3, -0.25) is 0 Å². The lowest BCUT2D eigenvalue weighted by molar-refractivity contribution is 0.916. The van der Waals surface area contributed by atoms with E-state index in [0.717, 1.165) is 34.0 Å². The molecule has 0 spiro atoms. The molecule has 0 saturated carbocycles. The van der Waals surface area contributed by atoms with E-state index in [0.29, 0.717) is 5.15 Å². The number of hydrogen-bond acceptors (Lipinski definition) is 4. The second-order valence-corrected chi connectivity index (χ2v) is 7.07. The van der Waals surface area contributed by atoms with Gasteiger partial charge in [-0.2, -0.15) is 11.8 Å². The van der Waals surface area contributed by atoms with Crippen molar-refractivity contribution in [3.8, 4) is 0 Å². The molecule has 3 rings (SSSR count). The van der Waals surface area contributed by atoms with Gasteiger partial charge in [0, 0.05) is 4.88 Å². The fourth-order valence-electron chi connectivity index (χ4n) is 2.37. The first-order chi connectivity index (χ1) is 8.79. The number of aryl methyl sites for hydroxylation is 2. The number of thiophene rings is 1. The Hall–Kier alpha value is -0.320. The number of rotatable bonds is 4. The molecule has 0 fully saturated rings. The Bertz CT molecular complexity index is 580. The molecule has 5 heteroatoms. The maximum atomic E-state index is 6.35. The summed E-state index contributed by atoms with van der Waals surface area (Å²) in [5, 5.41) is 1.78. The second kappa shape index (κ2) is 5.35. The molecular weight excluding hydrogens is 284 g/mol. The summed E-state index contributed by atoms with van der Waals surface area (Å²) in [6, 6.07) is 0. The third kappa shape index (κ3) is 2.26. The minimum Gasteiger partial charge on any atom is -0.221 e.